The maximum atomic E-state index is 13.3. The molecule has 2 N–H and O–H groups in total. The Kier molecular flexibility index (Phi) is 12.0. The van der Waals surface area contributed by atoms with Gasteiger partial charge >= 0.3 is 6.09 Å². The first-order valence-electron chi connectivity index (χ1n) is 12.9. The van der Waals surface area contributed by atoms with Gasteiger partial charge in [0, 0.05) is 6.61 Å². The molecule has 37 heavy (non-hydrogen) atoms. The number of nitrogens with one attached hydrogen (secondary N) is 2. The van der Waals surface area contributed by atoms with Gasteiger partial charge in [0.15, 0.2) is 5.78 Å². The topological polar surface area (TPSA) is 107 Å². The average Bonchev–Trinajstić information content (AvgIpc) is 3.41. The number of rotatable bonds is 14. The van der Waals surface area contributed by atoms with Gasteiger partial charge in [0.2, 0.25) is 5.91 Å². The van der Waals surface area contributed by atoms with Crippen LogP contribution in [0.4, 0.5) is 4.79 Å². The fourth-order valence-electron chi connectivity index (χ4n) is 4.11. The molecule has 1 aliphatic heterocycles. The minimum absolute atomic E-state index is 0.0888. The zero-order valence-electron chi connectivity index (χ0n) is 21.6. The third-order valence-electron chi connectivity index (χ3n) is 6.05. The highest BCUT2D eigenvalue weighted by Crippen LogP contribution is 2.16. The zero-order chi connectivity index (χ0) is 26.5. The number of carbonyl (C=O) groups excluding carboxylic acids is 3. The Morgan fingerprint density at radius 3 is 2.54 bits per heavy atom. The van der Waals surface area contributed by atoms with E-state index < -0.39 is 24.1 Å². The van der Waals surface area contributed by atoms with Crippen molar-refractivity contribution in [2.45, 2.75) is 69.9 Å². The van der Waals surface area contributed by atoms with Gasteiger partial charge in [0.25, 0.3) is 0 Å². The summed E-state index contributed by atoms with van der Waals surface area (Å²) < 4.78 is 16.3. The van der Waals surface area contributed by atoms with Crippen LogP contribution in [-0.2, 0) is 31.2 Å². The molecule has 0 spiro atoms. The summed E-state index contributed by atoms with van der Waals surface area (Å²) in [5, 5.41) is 5.60. The third kappa shape index (κ3) is 10.6. The van der Waals surface area contributed by atoms with Crippen LogP contribution < -0.4 is 10.6 Å². The van der Waals surface area contributed by atoms with E-state index in [0.29, 0.717) is 25.2 Å². The number of hydrogen-bond donors (Lipinski definition) is 2. The standard InChI is InChI=1S/C28H38N2O6S/c1-20(2)15-25(30-28(33)36-17-22-11-6-7-13-34-22)27(32)29-24(16-21-9-4-3-5-10-21)26(31)19-37-18-23-12-8-14-35-23/h3-5,8-10,12,14,20,22,24-25H,6-7,11,13,15-19H2,1-2H3,(H,29,32)(H,30,33)/t22-,24?,25-/m0/s1. The Bertz CT molecular complexity index is 960. The molecule has 1 aromatic carbocycles. The van der Waals surface area contributed by atoms with Crippen molar-refractivity contribution in [1.82, 2.24) is 10.6 Å². The second kappa shape index (κ2) is 15.5. The summed E-state index contributed by atoms with van der Waals surface area (Å²) in [4.78, 5) is 39.0. The Morgan fingerprint density at radius 2 is 1.86 bits per heavy atom. The van der Waals surface area contributed by atoms with Crippen molar-refractivity contribution in [2.24, 2.45) is 5.92 Å². The molecule has 1 fully saturated rings. The summed E-state index contributed by atoms with van der Waals surface area (Å²) in [5.74, 6) is 1.24. The van der Waals surface area contributed by atoms with Gasteiger partial charge in [-0.05, 0) is 55.7 Å². The molecule has 2 heterocycles. The highest BCUT2D eigenvalue weighted by atomic mass is 32.2. The Hall–Kier alpha value is -2.78. The van der Waals surface area contributed by atoms with Gasteiger partial charge in [0.05, 0.1) is 29.9 Å². The predicted molar refractivity (Wildman–Crippen MR) is 143 cm³/mol. The molecular formula is C28H38N2O6S. The smallest absolute Gasteiger partial charge is 0.407 e. The molecule has 202 valence electrons. The molecule has 1 aromatic heterocycles. The van der Waals surface area contributed by atoms with Crippen LogP contribution in [-0.4, -0.2) is 54.9 Å². The van der Waals surface area contributed by atoms with Crippen LogP contribution in [0.5, 0.6) is 0 Å². The van der Waals surface area contributed by atoms with E-state index in [2.05, 4.69) is 10.6 Å². The molecule has 1 aliphatic rings. The molecule has 3 rings (SSSR count). The van der Waals surface area contributed by atoms with E-state index in [4.69, 9.17) is 13.9 Å². The van der Waals surface area contributed by atoms with E-state index in [1.165, 1.54) is 11.8 Å². The summed E-state index contributed by atoms with van der Waals surface area (Å²) in [6.45, 7) is 4.77. The van der Waals surface area contributed by atoms with Crippen LogP contribution >= 0.6 is 11.8 Å². The second-order valence-electron chi connectivity index (χ2n) is 9.70. The van der Waals surface area contributed by atoms with Crippen molar-refractivity contribution in [3.8, 4) is 0 Å². The normalized spacial score (nSPS) is 17.1. The number of thioether (sulfide) groups is 1. The van der Waals surface area contributed by atoms with Gasteiger partial charge in [-0.25, -0.2) is 4.79 Å². The number of alkyl carbamates (subject to hydrolysis) is 1. The number of ether oxygens (including phenoxy) is 2. The molecule has 0 saturated carbocycles. The molecule has 2 aromatic rings. The molecule has 1 unspecified atom stereocenters. The predicted octanol–water partition coefficient (Wildman–Crippen LogP) is 4.52. The van der Waals surface area contributed by atoms with Gasteiger partial charge in [-0.3, -0.25) is 9.59 Å². The molecule has 8 nitrogen and oxygen atoms in total. The van der Waals surface area contributed by atoms with Crippen molar-refractivity contribution in [1.29, 1.82) is 0 Å². The van der Waals surface area contributed by atoms with E-state index in [1.54, 1.807) is 6.26 Å². The van der Waals surface area contributed by atoms with Crippen LogP contribution in [0.2, 0.25) is 0 Å². The fourth-order valence-corrected chi connectivity index (χ4v) is 4.98. The summed E-state index contributed by atoms with van der Waals surface area (Å²) in [6, 6.07) is 11.7. The Morgan fingerprint density at radius 1 is 1.05 bits per heavy atom. The van der Waals surface area contributed by atoms with E-state index in [9.17, 15) is 14.4 Å². The highest BCUT2D eigenvalue weighted by Gasteiger charge is 2.28. The first-order valence-corrected chi connectivity index (χ1v) is 14.1. The number of Topliss-reactive ketones (excluding diaryl/α,β-unsaturated/α-hetero) is 1. The molecule has 0 radical (unpaired) electrons. The van der Waals surface area contributed by atoms with Crippen LogP contribution in [0.25, 0.3) is 0 Å². The van der Waals surface area contributed by atoms with Gasteiger partial charge in [0.1, 0.15) is 18.4 Å². The van der Waals surface area contributed by atoms with Crippen LogP contribution in [0.3, 0.4) is 0 Å². The average molecular weight is 531 g/mol. The van der Waals surface area contributed by atoms with Crippen molar-refractivity contribution in [2.75, 3.05) is 19.0 Å². The van der Waals surface area contributed by atoms with E-state index >= 15 is 0 Å². The molecule has 1 saturated heterocycles. The monoisotopic (exact) mass is 530 g/mol. The molecule has 0 bridgehead atoms. The minimum Gasteiger partial charge on any atom is -0.468 e. The lowest BCUT2D eigenvalue weighted by atomic mass is 10.00. The maximum Gasteiger partial charge on any atom is 0.407 e. The van der Waals surface area contributed by atoms with E-state index in [0.717, 1.165) is 30.6 Å². The van der Waals surface area contributed by atoms with Gasteiger partial charge in [-0.15, -0.1) is 11.8 Å². The van der Waals surface area contributed by atoms with Crippen LogP contribution in [0.1, 0.15) is 50.9 Å². The van der Waals surface area contributed by atoms with Gasteiger partial charge < -0.3 is 24.5 Å². The number of benzene rings is 1. The Labute approximate surface area is 223 Å². The van der Waals surface area contributed by atoms with Crippen molar-refractivity contribution in [3.05, 3.63) is 60.1 Å². The quantitative estimate of drug-likeness (QED) is 0.370. The van der Waals surface area contributed by atoms with Gasteiger partial charge in [-0.2, -0.15) is 0 Å². The minimum atomic E-state index is -0.818. The fraction of sp³-hybridized carbons (Fsp3) is 0.536. The van der Waals surface area contributed by atoms with E-state index in [1.807, 2.05) is 56.3 Å². The molecule has 2 amide bonds. The molecule has 9 heteroatoms. The van der Waals surface area contributed by atoms with E-state index in [-0.39, 0.29) is 30.2 Å². The van der Waals surface area contributed by atoms with Crippen molar-refractivity contribution < 1.29 is 28.3 Å². The van der Waals surface area contributed by atoms with Crippen molar-refractivity contribution in [3.63, 3.8) is 0 Å². The Balaban J connectivity index is 1.60. The maximum absolute atomic E-state index is 13.3. The molecule has 3 atom stereocenters. The third-order valence-corrected chi connectivity index (χ3v) is 7.02. The van der Waals surface area contributed by atoms with Crippen LogP contribution in [0.15, 0.2) is 53.1 Å². The first-order chi connectivity index (χ1) is 17.9. The lowest BCUT2D eigenvalue weighted by molar-refractivity contribution is -0.128. The highest BCUT2D eigenvalue weighted by molar-refractivity contribution is 7.99. The van der Waals surface area contributed by atoms with Crippen molar-refractivity contribution >= 4 is 29.5 Å². The zero-order valence-corrected chi connectivity index (χ0v) is 22.5. The molecule has 0 aliphatic carbocycles. The van der Waals surface area contributed by atoms with Gasteiger partial charge in [-0.1, -0.05) is 44.2 Å². The SMILES string of the molecule is CC(C)C[C@H](NC(=O)OC[C@@H]1CCCCO1)C(=O)NC(Cc1ccccc1)C(=O)CSCc1ccco1. The summed E-state index contributed by atoms with van der Waals surface area (Å²) in [5.41, 5.74) is 0.942. The van der Waals surface area contributed by atoms with Crippen LogP contribution in [0, 0.1) is 5.92 Å². The number of hydrogen-bond acceptors (Lipinski definition) is 7. The first kappa shape index (κ1) is 28.8. The lowest BCUT2D eigenvalue weighted by Gasteiger charge is -2.25. The number of carbonyl (C=O) groups is 3. The second-order valence-corrected chi connectivity index (χ2v) is 10.7. The summed E-state index contributed by atoms with van der Waals surface area (Å²) >= 11 is 1.44. The molecular weight excluding hydrogens is 492 g/mol. The number of ketones is 1. The lowest BCUT2D eigenvalue weighted by Crippen LogP contribution is -2.53. The number of furan rings is 1. The number of amides is 2. The largest absolute Gasteiger partial charge is 0.468 e. The summed E-state index contributed by atoms with van der Waals surface area (Å²) in [6.07, 6.45) is 4.53. The summed E-state index contributed by atoms with van der Waals surface area (Å²) in [7, 11) is 0.